The van der Waals surface area contributed by atoms with E-state index < -0.39 is 11.7 Å². The average molecular weight is 499 g/mol. The van der Waals surface area contributed by atoms with E-state index in [-0.39, 0.29) is 22.5 Å². The lowest BCUT2D eigenvalue weighted by molar-refractivity contribution is 0.102. The van der Waals surface area contributed by atoms with Gasteiger partial charge in [0.15, 0.2) is 5.75 Å². The smallest absolute Gasteiger partial charge is 0.259 e. The molecule has 0 aliphatic rings. The molecule has 0 fully saturated rings. The van der Waals surface area contributed by atoms with Crippen LogP contribution in [0.15, 0.2) is 89.1 Å². The van der Waals surface area contributed by atoms with Crippen molar-refractivity contribution >= 4 is 33.7 Å². The summed E-state index contributed by atoms with van der Waals surface area (Å²) in [4.78, 5) is 13.0. The topological polar surface area (TPSA) is 100 Å². The lowest BCUT2D eigenvalue weighted by Gasteiger charge is -2.29. The summed E-state index contributed by atoms with van der Waals surface area (Å²) in [6.45, 7) is 4.26. The first-order chi connectivity index (χ1) is 17.8. The first-order valence-electron chi connectivity index (χ1n) is 12.5. The van der Waals surface area contributed by atoms with E-state index in [9.17, 15) is 14.3 Å². The third-order valence-corrected chi connectivity index (χ3v) is 6.44. The molecule has 0 atom stereocenters. The maximum atomic E-state index is 13.2. The number of carbonyl (C=O) groups excluding carboxylic acids is 1. The highest BCUT2D eigenvalue weighted by Gasteiger charge is 2.25. The molecule has 37 heavy (non-hydrogen) atoms. The fraction of sp³-hybridized carbons (Fsp3) is 0.233. The third-order valence-electron chi connectivity index (χ3n) is 6.44. The Kier molecular flexibility index (Phi) is 7.94. The number of nitrogens with zero attached hydrogens (tertiary/aromatic N) is 2. The van der Waals surface area contributed by atoms with Crippen LogP contribution in [-0.4, -0.2) is 11.0 Å². The van der Waals surface area contributed by atoms with Gasteiger partial charge in [-0.25, -0.2) is 4.39 Å². The molecule has 0 radical (unpaired) electrons. The van der Waals surface area contributed by atoms with Gasteiger partial charge in [0.2, 0.25) is 0 Å². The molecule has 0 aliphatic carbocycles. The zero-order valence-electron chi connectivity index (χ0n) is 21.0. The van der Waals surface area contributed by atoms with Crippen molar-refractivity contribution in [3.05, 3.63) is 95.8 Å². The number of anilines is 1. The van der Waals surface area contributed by atoms with Crippen LogP contribution in [0.25, 0.3) is 10.8 Å². The first-order valence-corrected chi connectivity index (χ1v) is 12.5. The van der Waals surface area contributed by atoms with Gasteiger partial charge in [0.1, 0.15) is 11.5 Å². The Balaban J connectivity index is 1.66. The standard InChI is InChI=1S/C30H31FN4O2/c1-3-17-30(32,18-4-2)21-9-13-24(14-10-21)34-35-27-25-8-6-5-7-20(25)19-26(28(27)36)29(37)33-23-15-11-22(31)12-16-23/h5-16,19,36H,3-4,17-18,32H2,1-2H3,(H,33,37). The van der Waals surface area contributed by atoms with Gasteiger partial charge >= 0.3 is 0 Å². The Labute approximate surface area is 216 Å². The minimum absolute atomic E-state index is 0.0411. The number of hydrogen-bond acceptors (Lipinski definition) is 5. The van der Waals surface area contributed by atoms with Crippen LogP contribution in [0, 0.1) is 5.82 Å². The maximum Gasteiger partial charge on any atom is 0.259 e. The highest BCUT2D eigenvalue weighted by molar-refractivity contribution is 6.11. The number of carbonyl (C=O) groups is 1. The van der Waals surface area contributed by atoms with Crippen LogP contribution in [0.4, 0.5) is 21.5 Å². The van der Waals surface area contributed by atoms with Crippen molar-refractivity contribution in [1.29, 1.82) is 0 Å². The van der Waals surface area contributed by atoms with Gasteiger partial charge in [0.05, 0.1) is 11.3 Å². The van der Waals surface area contributed by atoms with Crippen molar-refractivity contribution < 1.29 is 14.3 Å². The molecule has 0 saturated carbocycles. The van der Waals surface area contributed by atoms with Crippen LogP contribution < -0.4 is 11.1 Å². The zero-order chi connectivity index (χ0) is 26.4. The van der Waals surface area contributed by atoms with Gasteiger partial charge in [-0.1, -0.05) is 63.1 Å². The minimum Gasteiger partial charge on any atom is -0.505 e. The Morgan fingerprint density at radius 3 is 2.24 bits per heavy atom. The van der Waals surface area contributed by atoms with Crippen molar-refractivity contribution in [3.63, 3.8) is 0 Å². The number of aromatic hydroxyl groups is 1. The van der Waals surface area contributed by atoms with Gasteiger partial charge in [-0.3, -0.25) is 4.79 Å². The van der Waals surface area contributed by atoms with Crippen molar-refractivity contribution in [3.8, 4) is 5.75 Å². The first kappa shape index (κ1) is 26.0. The van der Waals surface area contributed by atoms with E-state index in [1.165, 1.54) is 24.3 Å². The van der Waals surface area contributed by atoms with Crippen LogP contribution in [0.2, 0.25) is 0 Å². The molecule has 0 heterocycles. The highest BCUT2D eigenvalue weighted by Crippen LogP contribution is 2.40. The number of fused-ring (bicyclic) bond motifs is 1. The minimum atomic E-state index is -0.540. The summed E-state index contributed by atoms with van der Waals surface area (Å²) in [6, 6.07) is 22.0. The number of rotatable bonds is 9. The second kappa shape index (κ2) is 11.3. The van der Waals surface area contributed by atoms with E-state index in [1.807, 2.05) is 48.5 Å². The van der Waals surface area contributed by atoms with E-state index >= 15 is 0 Å². The van der Waals surface area contributed by atoms with Gasteiger partial charge < -0.3 is 16.2 Å². The SMILES string of the molecule is CCCC(N)(CCC)c1ccc(N=Nc2c(O)c(C(=O)Nc3ccc(F)cc3)cc3ccccc23)cc1. The summed E-state index contributed by atoms with van der Waals surface area (Å²) < 4.78 is 13.2. The number of benzene rings is 4. The highest BCUT2D eigenvalue weighted by atomic mass is 19.1. The monoisotopic (exact) mass is 498 g/mol. The van der Waals surface area contributed by atoms with Crippen LogP contribution >= 0.6 is 0 Å². The zero-order valence-corrected chi connectivity index (χ0v) is 21.0. The fourth-order valence-electron chi connectivity index (χ4n) is 4.60. The maximum absolute atomic E-state index is 13.2. The second-order valence-corrected chi connectivity index (χ2v) is 9.21. The van der Waals surface area contributed by atoms with E-state index in [2.05, 4.69) is 29.4 Å². The largest absolute Gasteiger partial charge is 0.505 e. The Hall–Kier alpha value is -4.10. The predicted molar refractivity (Wildman–Crippen MR) is 146 cm³/mol. The molecule has 0 bridgehead atoms. The van der Waals surface area contributed by atoms with Gasteiger partial charge in [0, 0.05) is 16.6 Å². The molecule has 0 saturated heterocycles. The average Bonchev–Trinajstić information content (AvgIpc) is 2.89. The van der Waals surface area contributed by atoms with Crippen LogP contribution in [-0.2, 0) is 5.54 Å². The molecular formula is C30H31FN4O2. The van der Waals surface area contributed by atoms with Gasteiger partial charge in [-0.2, -0.15) is 5.11 Å². The molecule has 190 valence electrons. The number of halogens is 1. The summed E-state index contributed by atoms with van der Waals surface area (Å²) in [5, 5.41) is 23.8. The Morgan fingerprint density at radius 2 is 1.59 bits per heavy atom. The summed E-state index contributed by atoms with van der Waals surface area (Å²) >= 11 is 0. The fourth-order valence-corrected chi connectivity index (χ4v) is 4.60. The van der Waals surface area contributed by atoms with Crippen molar-refractivity contribution in [2.75, 3.05) is 5.32 Å². The van der Waals surface area contributed by atoms with Crippen molar-refractivity contribution in [2.45, 2.75) is 45.1 Å². The molecule has 1 amide bonds. The van der Waals surface area contributed by atoms with Crippen LogP contribution in [0.3, 0.4) is 0 Å². The number of nitrogens with two attached hydrogens (primary N) is 1. The Bertz CT molecular complexity index is 1410. The van der Waals surface area contributed by atoms with E-state index in [4.69, 9.17) is 5.73 Å². The molecular weight excluding hydrogens is 467 g/mol. The van der Waals surface area contributed by atoms with E-state index in [1.54, 1.807) is 6.07 Å². The summed E-state index contributed by atoms with van der Waals surface area (Å²) in [5.41, 5.74) is 8.62. The van der Waals surface area contributed by atoms with Crippen LogP contribution in [0.5, 0.6) is 5.75 Å². The molecule has 4 aromatic carbocycles. The Morgan fingerprint density at radius 1 is 0.946 bits per heavy atom. The summed E-state index contributed by atoms with van der Waals surface area (Å²) in [5.74, 6) is -1.23. The van der Waals surface area contributed by atoms with E-state index in [0.29, 0.717) is 16.8 Å². The molecule has 7 heteroatoms. The second-order valence-electron chi connectivity index (χ2n) is 9.21. The van der Waals surface area contributed by atoms with Crippen LogP contribution in [0.1, 0.15) is 55.5 Å². The van der Waals surface area contributed by atoms with Gasteiger partial charge in [-0.15, -0.1) is 5.11 Å². The number of amides is 1. The lowest BCUT2D eigenvalue weighted by Crippen LogP contribution is -2.36. The normalized spacial score (nSPS) is 11.8. The molecule has 6 nitrogen and oxygen atoms in total. The van der Waals surface area contributed by atoms with Gasteiger partial charge in [-0.05, 0) is 66.3 Å². The molecule has 4 aromatic rings. The summed E-state index contributed by atoms with van der Waals surface area (Å²) in [6.07, 6.45) is 3.79. The van der Waals surface area contributed by atoms with Crippen molar-refractivity contribution in [1.82, 2.24) is 0 Å². The van der Waals surface area contributed by atoms with E-state index in [0.717, 1.165) is 36.6 Å². The number of hydrogen-bond donors (Lipinski definition) is 3. The molecule has 0 aliphatic heterocycles. The molecule has 4 rings (SSSR count). The molecule has 0 spiro atoms. The lowest BCUT2D eigenvalue weighted by atomic mass is 9.83. The third kappa shape index (κ3) is 5.84. The predicted octanol–water partition coefficient (Wildman–Crippen LogP) is 8.11. The number of nitrogens with one attached hydrogen (secondary N) is 1. The number of azo groups is 1. The number of phenols is 1. The quantitative estimate of drug-likeness (QED) is 0.203. The number of phenolic OH excluding ortho intramolecular Hbond substituents is 1. The molecule has 0 aromatic heterocycles. The van der Waals surface area contributed by atoms with Crippen molar-refractivity contribution in [2.24, 2.45) is 16.0 Å². The van der Waals surface area contributed by atoms with Gasteiger partial charge in [0.25, 0.3) is 5.91 Å². The molecule has 4 N–H and O–H groups in total. The summed E-state index contributed by atoms with van der Waals surface area (Å²) in [7, 11) is 0. The molecule has 0 unspecified atom stereocenters.